The van der Waals surface area contributed by atoms with Crippen LogP contribution in [0.4, 0.5) is 0 Å². The number of aromatic nitrogens is 1. The molecule has 2 aromatic rings. The Morgan fingerprint density at radius 3 is 2.50 bits per heavy atom. The Morgan fingerprint density at radius 1 is 1.32 bits per heavy atom. The van der Waals surface area contributed by atoms with Crippen LogP contribution in [0.3, 0.4) is 0 Å². The highest BCUT2D eigenvalue weighted by Gasteiger charge is 2.54. The summed E-state index contributed by atoms with van der Waals surface area (Å²) in [5, 5.41) is 8.08. The molecule has 22 heavy (non-hydrogen) atoms. The van der Waals surface area contributed by atoms with Crippen LogP contribution in [0.15, 0.2) is 36.5 Å². The minimum Gasteiger partial charge on any atom is -0.776 e. The van der Waals surface area contributed by atoms with E-state index in [4.69, 9.17) is 11.6 Å². The molecule has 0 aliphatic heterocycles. The van der Waals surface area contributed by atoms with Crippen LogP contribution >= 0.6 is 26.6 Å². The second-order valence-corrected chi connectivity index (χ2v) is 10.1. The lowest BCUT2D eigenvalue weighted by atomic mass is 10.2. The van der Waals surface area contributed by atoms with Crippen LogP contribution in [0.1, 0.15) is 0 Å². The summed E-state index contributed by atoms with van der Waals surface area (Å²) in [7, 11) is -10.1. The molecule has 0 radical (unpaired) electrons. The van der Waals surface area contributed by atoms with Crippen LogP contribution in [0.2, 0.25) is 5.02 Å². The summed E-state index contributed by atoms with van der Waals surface area (Å²) in [5.74, 6) is 0. The van der Waals surface area contributed by atoms with Crippen LogP contribution in [0.5, 0.6) is 0 Å². The molecule has 120 valence electrons. The summed E-state index contributed by atoms with van der Waals surface area (Å²) in [5.41, 5.74) is 0.479. The van der Waals surface area contributed by atoms with Crippen molar-refractivity contribution in [2.45, 2.75) is 11.6 Å². The third kappa shape index (κ3) is 3.12. The number of aliphatic hydroxyl groups is 1. The third-order valence-electron chi connectivity index (χ3n) is 3.34. The van der Waals surface area contributed by atoms with Gasteiger partial charge in [0.15, 0.2) is 20.3 Å². The largest absolute Gasteiger partial charge is 0.776 e. The first-order chi connectivity index (χ1) is 9.96. The zero-order valence-corrected chi connectivity index (χ0v) is 14.0. The van der Waals surface area contributed by atoms with E-state index in [1.807, 2.05) is 0 Å². The van der Waals surface area contributed by atoms with E-state index >= 15 is 0 Å². The summed E-state index contributed by atoms with van der Waals surface area (Å²) in [6, 6.07) is 8.01. The van der Waals surface area contributed by atoms with E-state index in [1.54, 1.807) is 30.3 Å². The Bertz CT molecular complexity index is 792. The molecule has 0 bridgehead atoms. The Hall–Kier alpha value is -0.780. The Balaban J connectivity index is 2.62. The van der Waals surface area contributed by atoms with E-state index < -0.39 is 26.6 Å². The molecule has 0 fully saturated rings. The predicted octanol–water partition coefficient (Wildman–Crippen LogP) is 0.873. The molecule has 1 aromatic carbocycles. The molecule has 0 aliphatic carbocycles. The Kier molecular flexibility index (Phi) is 4.55. The van der Waals surface area contributed by atoms with E-state index in [0.29, 0.717) is 22.6 Å². The lowest BCUT2D eigenvalue weighted by molar-refractivity contribution is -0.678. The number of hydrogen-bond donors (Lipinski definition) is 3. The first-order valence-corrected chi connectivity index (χ1v) is 10.2. The summed E-state index contributed by atoms with van der Waals surface area (Å²) in [6.07, 6.45) is 1.42. The minimum atomic E-state index is -5.52. The van der Waals surface area contributed by atoms with Crippen molar-refractivity contribution in [2.75, 3.05) is 6.66 Å². The molecule has 0 amide bonds. The number of rotatable bonds is 4. The molecule has 7 nitrogen and oxygen atoms in total. The first-order valence-electron chi connectivity index (χ1n) is 6.10. The van der Waals surface area contributed by atoms with Crippen LogP contribution in [-0.4, -0.2) is 26.6 Å². The van der Waals surface area contributed by atoms with Crippen molar-refractivity contribution in [3.05, 3.63) is 41.6 Å². The molecule has 3 atom stereocenters. The fourth-order valence-corrected chi connectivity index (χ4v) is 4.87. The van der Waals surface area contributed by atoms with Gasteiger partial charge in [-0.2, -0.15) is 4.57 Å². The number of benzene rings is 1. The van der Waals surface area contributed by atoms with Crippen LogP contribution in [0, 0.1) is 0 Å². The van der Waals surface area contributed by atoms with Gasteiger partial charge in [-0.25, -0.2) is 0 Å². The number of pyridine rings is 1. The average Bonchev–Trinajstić information content (AvgIpc) is 2.35. The molecule has 0 spiro atoms. The van der Waals surface area contributed by atoms with Gasteiger partial charge in [0.05, 0.1) is 0 Å². The van der Waals surface area contributed by atoms with Crippen LogP contribution in [-0.2, 0) is 15.7 Å². The van der Waals surface area contributed by atoms with Crippen LogP contribution < -0.4 is 9.46 Å². The standard InChI is InChI=1S/C12H14ClNO6P2/c1-21(16,17)12(15,22(18,19)20)8-14-6-2-3-9-7-10(13)4-5-11(9)14/h2-7,15H,8H2,1H3,(H2-,16,17,18,19,20). The highest BCUT2D eigenvalue weighted by Crippen LogP contribution is 2.65. The molecule has 1 aromatic heterocycles. The summed E-state index contributed by atoms with van der Waals surface area (Å²) >= 11 is 5.87. The molecule has 10 heteroatoms. The topological polar surface area (TPSA) is 122 Å². The molecular formula is C12H14ClNO6P2. The van der Waals surface area contributed by atoms with Gasteiger partial charge in [0.2, 0.25) is 12.9 Å². The van der Waals surface area contributed by atoms with E-state index in [0.717, 1.165) is 0 Å². The molecular weight excluding hydrogens is 352 g/mol. The van der Waals surface area contributed by atoms with Gasteiger partial charge in [-0.3, -0.25) is 4.57 Å². The van der Waals surface area contributed by atoms with Crippen molar-refractivity contribution in [2.24, 2.45) is 0 Å². The van der Waals surface area contributed by atoms with Crippen molar-refractivity contribution in [1.82, 2.24) is 0 Å². The van der Waals surface area contributed by atoms with Crippen molar-refractivity contribution in [3.63, 3.8) is 0 Å². The maximum atomic E-state index is 11.8. The molecule has 0 saturated heterocycles. The third-order valence-corrected chi connectivity index (χ3v) is 7.96. The van der Waals surface area contributed by atoms with E-state index in [9.17, 15) is 28.9 Å². The van der Waals surface area contributed by atoms with Crippen molar-refractivity contribution in [1.29, 1.82) is 0 Å². The lowest BCUT2D eigenvalue weighted by Crippen LogP contribution is -2.49. The monoisotopic (exact) mass is 365 g/mol. The normalized spacial score (nSPS) is 20.1. The number of fused-ring (bicyclic) bond motifs is 1. The van der Waals surface area contributed by atoms with E-state index in [-0.39, 0.29) is 0 Å². The van der Waals surface area contributed by atoms with Crippen molar-refractivity contribution in [3.8, 4) is 0 Å². The minimum absolute atomic E-state index is 0.459. The fraction of sp³-hybridized carbons (Fsp3) is 0.250. The van der Waals surface area contributed by atoms with Gasteiger partial charge in [0.25, 0.3) is 5.08 Å². The van der Waals surface area contributed by atoms with Crippen LogP contribution in [0.25, 0.3) is 10.9 Å². The summed E-state index contributed by atoms with van der Waals surface area (Å²) in [4.78, 5) is 30.3. The van der Waals surface area contributed by atoms with Gasteiger partial charge in [-0.1, -0.05) is 11.6 Å². The lowest BCUT2D eigenvalue weighted by Gasteiger charge is -2.35. The van der Waals surface area contributed by atoms with Gasteiger partial charge < -0.3 is 24.4 Å². The smallest absolute Gasteiger partial charge is 0.263 e. The van der Waals surface area contributed by atoms with E-state index in [1.165, 1.54) is 10.8 Å². The molecule has 0 aliphatic rings. The quantitative estimate of drug-likeness (QED) is 0.546. The molecule has 2 rings (SSSR count). The second kappa shape index (κ2) is 5.69. The predicted molar refractivity (Wildman–Crippen MR) is 79.7 cm³/mol. The second-order valence-electron chi connectivity index (χ2n) is 5.01. The zero-order chi connectivity index (χ0) is 16.8. The molecule has 1 heterocycles. The maximum Gasteiger partial charge on any atom is 0.263 e. The van der Waals surface area contributed by atoms with Gasteiger partial charge in [-0.05, 0) is 18.2 Å². The van der Waals surface area contributed by atoms with Gasteiger partial charge in [0.1, 0.15) is 0 Å². The molecule has 3 unspecified atom stereocenters. The highest BCUT2D eigenvalue weighted by atomic mass is 35.5. The van der Waals surface area contributed by atoms with E-state index in [2.05, 4.69) is 0 Å². The van der Waals surface area contributed by atoms with Crippen molar-refractivity contribution < 1.29 is 33.5 Å². The van der Waals surface area contributed by atoms with Gasteiger partial charge in [-0.15, -0.1) is 0 Å². The Morgan fingerprint density at radius 2 is 1.95 bits per heavy atom. The maximum absolute atomic E-state index is 11.8. The highest BCUT2D eigenvalue weighted by molar-refractivity contribution is 7.74. The van der Waals surface area contributed by atoms with Gasteiger partial charge in [0, 0.05) is 29.2 Å². The Labute approximate surface area is 131 Å². The SMILES string of the molecule is CP(=O)(O)C(O)(C[n+]1cccc2cc(Cl)ccc21)P(=O)([O-])O. The number of halogens is 1. The summed E-state index contributed by atoms with van der Waals surface area (Å²) in [6.45, 7) is -0.121. The summed E-state index contributed by atoms with van der Waals surface area (Å²) < 4.78 is 24.5. The number of hydrogen-bond acceptors (Lipinski definition) is 4. The molecule has 0 saturated carbocycles. The fourth-order valence-electron chi connectivity index (χ4n) is 2.07. The van der Waals surface area contributed by atoms with Crippen molar-refractivity contribution >= 4 is 37.5 Å². The number of nitrogens with zero attached hydrogens (tertiary/aromatic N) is 1. The van der Waals surface area contributed by atoms with Gasteiger partial charge >= 0.3 is 0 Å². The zero-order valence-electron chi connectivity index (χ0n) is 11.5. The average molecular weight is 366 g/mol. The first kappa shape index (κ1) is 17.6. The molecule has 3 N–H and O–H groups in total.